The van der Waals surface area contributed by atoms with Gasteiger partial charge in [0.15, 0.2) is 0 Å². The van der Waals surface area contributed by atoms with E-state index in [0.717, 1.165) is 24.2 Å². The van der Waals surface area contributed by atoms with Crippen molar-refractivity contribution >= 4 is 11.6 Å². The van der Waals surface area contributed by atoms with Gasteiger partial charge in [-0.3, -0.25) is 4.79 Å². The van der Waals surface area contributed by atoms with Crippen LogP contribution in [0.5, 0.6) is 0 Å². The van der Waals surface area contributed by atoms with Crippen molar-refractivity contribution in [3.05, 3.63) is 83.9 Å². The van der Waals surface area contributed by atoms with Crippen LogP contribution in [0.2, 0.25) is 0 Å². The fourth-order valence-corrected chi connectivity index (χ4v) is 4.37. The standard InChI is InChI=1S/C22H20FN3O/c23-17-6-3-5-16(15-17)21(27)25-13-10-22(11-14-25)20-9-4-12-26(20)19-8-2-1-7-18(19)24-22/h1-9,12,15,24H,10-11,13-14H2. The fraction of sp³-hybridized carbons (Fsp3) is 0.227. The van der Waals surface area contributed by atoms with E-state index in [1.807, 2.05) is 17.0 Å². The second kappa shape index (κ2) is 5.98. The first-order valence-corrected chi connectivity index (χ1v) is 9.27. The molecule has 0 saturated carbocycles. The number of hydrogen-bond acceptors (Lipinski definition) is 2. The lowest BCUT2D eigenvalue weighted by Gasteiger charge is -2.46. The molecule has 136 valence electrons. The molecule has 1 spiro atoms. The van der Waals surface area contributed by atoms with Crippen LogP contribution in [0.3, 0.4) is 0 Å². The molecular weight excluding hydrogens is 341 g/mol. The average molecular weight is 361 g/mol. The number of nitrogens with zero attached hydrogens (tertiary/aromatic N) is 2. The molecule has 0 radical (unpaired) electrons. The van der Waals surface area contributed by atoms with Gasteiger partial charge in [-0.25, -0.2) is 4.39 Å². The van der Waals surface area contributed by atoms with Gasteiger partial charge < -0.3 is 14.8 Å². The van der Waals surface area contributed by atoms with Gasteiger partial charge in [0, 0.05) is 30.5 Å². The van der Waals surface area contributed by atoms with E-state index < -0.39 is 0 Å². The van der Waals surface area contributed by atoms with E-state index in [-0.39, 0.29) is 17.3 Å². The maximum Gasteiger partial charge on any atom is 0.253 e. The number of likely N-dealkylation sites (tertiary alicyclic amines) is 1. The summed E-state index contributed by atoms with van der Waals surface area (Å²) in [6.45, 7) is 1.27. The van der Waals surface area contributed by atoms with E-state index >= 15 is 0 Å². The van der Waals surface area contributed by atoms with E-state index in [1.165, 1.54) is 17.8 Å². The fourth-order valence-electron chi connectivity index (χ4n) is 4.37. The highest BCUT2D eigenvalue weighted by Gasteiger charge is 2.42. The monoisotopic (exact) mass is 361 g/mol. The largest absolute Gasteiger partial charge is 0.372 e. The highest BCUT2D eigenvalue weighted by Crippen LogP contribution is 2.43. The summed E-state index contributed by atoms with van der Waals surface area (Å²) >= 11 is 0. The first kappa shape index (κ1) is 16.1. The first-order chi connectivity index (χ1) is 13.2. The number of anilines is 1. The van der Waals surface area contributed by atoms with Gasteiger partial charge in [0.1, 0.15) is 5.82 Å². The molecule has 2 aliphatic heterocycles. The highest BCUT2D eigenvalue weighted by molar-refractivity contribution is 5.94. The molecule has 3 heterocycles. The number of amides is 1. The van der Waals surface area contributed by atoms with Gasteiger partial charge >= 0.3 is 0 Å². The van der Waals surface area contributed by atoms with Crippen LogP contribution >= 0.6 is 0 Å². The lowest BCUT2D eigenvalue weighted by atomic mass is 9.82. The molecule has 3 aromatic rings. The quantitative estimate of drug-likeness (QED) is 0.706. The van der Waals surface area contributed by atoms with Gasteiger partial charge in [-0.1, -0.05) is 18.2 Å². The van der Waals surface area contributed by atoms with Gasteiger partial charge in [0.05, 0.1) is 16.9 Å². The summed E-state index contributed by atoms with van der Waals surface area (Å²) in [7, 11) is 0. The van der Waals surface area contributed by atoms with Gasteiger partial charge in [-0.2, -0.15) is 0 Å². The van der Waals surface area contributed by atoms with Gasteiger partial charge in [-0.15, -0.1) is 0 Å². The number of carbonyl (C=O) groups is 1. The minimum absolute atomic E-state index is 0.101. The topological polar surface area (TPSA) is 37.3 Å². The Morgan fingerprint density at radius 2 is 1.81 bits per heavy atom. The Morgan fingerprint density at radius 1 is 1.00 bits per heavy atom. The lowest BCUT2D eigenvalue weighted by Crippen LogP contribution is -2.51. The summed E-state index contributed by atoms with van der Waals surface area (Å²) < 4.78 is 15.7. The number of halogens is 1. The molecule has 0 bridgehead atoms. The number of piperidine rings is 1. The lowest BCUT2D eigenvalue weighted by molar-refractivity contribution is 0.0676. The Balaban J connectivity index is 1.41. The summed E-state index contributed by atoms with van der Waals surface area (Å²) in [4.78, 5) is 14.6. The van der Waals surface area contributed by atoms with Crippen LogP contribution in [0.25, 0.3) is 5.69 Å². The Kier molecular flexibility index (Phi) is 3.57. The zero-order chi connectivity index (χ0) is 18.4. The molecule has 2 aliphatic rings. The van der Waals surface area contributed by atoms with E-state index in [4.69, 9.17) is 0 Å². The van der Waals surface area contributed by atoms with Crippen molar-refractivity contribution in [3.63, 3.8) is 0 Å². The van der Waals surface area contributed by atoms with Crippen molar-refractivity contribution in [2.75, 3.05) is 18.4 Å². The minimum atomic E-state index is -0.377. The number of rotatable bonds is 1. The molecule has 1 saturated heterocycles. The summed E-state index contributed by atoms with van der Waals surface area (Å²) in [6, 6.07) is 18.5. The third-order valence-electron chi connectivity index (χ3n) is 5.75. The predicted octanol–water partition coefficient (Wildman–Crippen LogP) is 4.17. The normalized spacial score (nSPS) is 17.1. The van der Waals surface area contributed by atoms with Crippen molar-refractivity contribution < 1.29 is 9.18 Å². The average Bonchev–Trinajstić information content (AvgIpc) is 3.20. The Morgan fingerprint density at radius 3 is 2.63 bits per heavy atom. The molecule has 27 heavy (non-hydrogen) atoms. The number of nitrogens with one attached hydrogen (secondary N) is 1. The van der Waals surface area contributed by atoms with Gasteiger partial charge in [0.2, 0.25) is 0 Å². The Labute approximate surface area is 157 Å². The molecule has 5 heteroatoms. The molecule has 0 aliphatic carbocycles. The molecule has 0 atom stereocenters. The van der Waals surface area contributed by atoms with E-state index in [1.54, 1.807) is 12.1 Å². The highest BCUT2D eigenvalue weighted by atomic mass is 19.1. The summed E-state index contributed by atoms with van der Waals surface area (Å²) in [5, 5.41) is 3.74. The van der Waals surface area contributed by atoms with Crippen molar-refractivity contribution in [1.29, 1.82) is 0 Å². The van der Waals surface area contributed by atoms with Crippen molar-refractivity contribution in [2.45, 2.75) is 18.4 Å². The van der Waals surface area contributed by atoms with Crippen LogP contribution in [-0.4, -0.2) is 28.5 Å². The maximum atomic E-state index is 13.5. The summed E-state index contributed by atoms with van der Waals surface area (Å²) in [5.41, 5.74) is 3.74. The van der Waals surface area contributed by atoms with Crippen LogP contribution in [0.1, 0.15) is 28.9 Å². The van der Waals surface area contributed by atoms with Crippen molar-refractivity contribution in [1.82, 2.24) is 9.47 Å². The van der Waals surface area contributed by atoms with Crippen molar-refractivity contribution in [3.8, 4) is 5.69 Å². The number of hydrogen-bond donors (Lipinski definition) is 1. The molecule has 0 unspecified atom stereocenters. The molecule has 5 rings (SSSR count). The predicted molar refractivity (Wildman–Crippen MR) is 103 cm³/mol. The number of carbonyl (C=O) groups excluding carboxylic acids is 1. The number of fused-ring (bicyclic) bond motifs is 4. The van der Waals surface area contributed by atoms with Crippen molar-refractivity contribution in [2.24, 2.45) is 0 Å². The molecule has 1 N–H and O–H groups in total. The molecule has 1 aromatic heterocycles. The second-order valence-electron chi connectivity index (χ2n) is 7.29. The molecule has 2 aromatic carbocycles. The molecule has 1 fully saturated rings. The third-order valence-corrected chi connectivity index (χ3v) is 5.75. The molecule has 1 amide bonds. The van der Waals surface area contributed by atoms with Crippen LogP contribution in [0, 0.1) is 5.82 Å². The van der Waals surface area contributed by atoms with Crippen LogP contribution < -0.4 is 5.32 Å². The summed E-state index contributed by atoms with van der Waals surface area (Å²) in [6.07, 6.45) is 3.72. The van der Waals surface area contributed by atoms with E-state index in [2.05, 4.69) is 40.3 Å². The SMILES string of the molecule is O=C(c1cccc(F)c1)N1CCC2(CC1)Nc1ccccc1-n1cccc12. The van der Waals surface area contributed by atoms with Crippen LogP contribution in [0.15, 0.2) is 66.9 Å². The number of para-hydroxylation sites is 2. The first-order valence-electron chi connectivity index (χ1n) is 9.27. The van der Waals surface area contributed by atoms with Gasteiger partial charge in [0.25, 0.3) is 5.91 Å². The van der Waals surface area contributed by atoms with E-state index in [0.29, 0.717) is 18.7 Å². The smallest absolute Gasteiger partial charge is 0.253 e. The molecule has 4 nitrogen and oxygen atoms in total. The summed E-state index contributed by atoms with van der Waals surface area (Å²) in [5.74, 6) is -0.478. The third kappa shape index (κ3) is 2.53. The van der Waals surface area contributed by atoms with Crippen LogP contribution in [0.4, 0.5) is 10.1 Å². The Hall–Kier alpha value is -3.08. The van der Waals surface area contributed by atoms with Gasteiger partial charge in [-0.05, 0) is 55.3 Å². The Bertz CT molecular complexity index is 1020. The van der Waals surface area contributed by atoms with E-state index in [9.17, 15) is 9.18 Å². The minimum Gasteiger partial charge on any atom is -0.372 e. The zero-order valence-electron chi connectivity index (χ0n) is 14.9. The number of aromatic nitrogens is 1. The second-order valence-corrected chi connectivity index (χ2v) is 7.29. The molecular formula is C22H20FN3O. The number of benzene rings is 2. The maximum absolute atomic E-state index is 13.5. The van der Waals surface area contributed by atoms with Crippen LogP contribution in [-0.2, 0) is 5.54 Å². The zero-order valence-corrected chi connectivity index (χ0v) is 14.9.